The number of para-hydroxylation sites is 3. The van der Waals surface area contributed by atoms with E-state index in [0.29, 0.717) is 0 Å². The van der Waals surface area contributed by atoms with Crippen LogP contribution < -0.4 is 0 Å². The Hall–Kier alpha value is -6.13. The van der Waals surface area contributed by atoms with Crippen molar-refractivity contribution in [1.29, 1.82) is 0 Å². The van der Waals surface area contributed by atoms with E-state index in [4.69, 9.17) is 13.8 Å². The van der Waals surface area contributed by atoms with Crippen LogP contribution in [0.1, 0.15) is 0 Å². The average molecular weight is 575 g/mol. The van der Waals surface area contributed by atoms with Gasteiger partial charge in [0.2, 0.25) is 0 Å². The molecule has 4 nitrogen and oxygen atoms in total. The first-order valence-corrected chi connectivity index (χ1v) is 15.2. The van der Waals surface area contributed by atoms with E-state index < -0.39 is 0 Å². The smallest absolute Gasteiger partial charge is 0.146 e. The summed E-state index contributed by atoms with van der Waals surface area (Å²) in [6, 6.07) is 46.9. The summed E-state index contributed by atoms with van der Waals surface area (Å²) in [5.41, 5.74) is 9.68. The van der Waals surface area contributed by atoms with Gasteiger partial charge in [0.1, 0.15) is 28.0 Å². The van der Waals surface area contributed by atoms with Gasteiger partial charge in [0, 0.05) is 37.9 Å². The monoisotopic (exact) mass is 574 g/mol. The maximum Gasteiger partial charge on any atom is 0.146 e. The number of imidazole rings is 1. The molecule has 208 valence electrons. The van der Waals surface area contributed by atoms with Crippen molar-refractivity contribution >= 4 is 93.0 Å². The number of pyridine rings is 1. The largest absolute Gasteiger partial charge is 0.456 e. The molecule has 0 atom stereocenters. The van der Waals surface area contributed by atoms with E-state index >= 15 is 0 Å². The van der Waals surface area contributed by atoms with Crippen LogP contribution in [-0.2, 0) is 0 Å². The summed E-state index contributed by atoms with van der Waals surface area (Å²) in [7, 11) is 0. The summed E-state index contributed by atoms with van der Waals surface area (Å²) in [6.45, 7) is 0. The SMILES string of the molecule is c1ccc2c(c1)ccc1oc3cc(-c4ccc5c6ccccc6c6nc7ccccc7n6c5c4)c4oc5ccccc5c4c3c12. The number of fused-ring (bicyclic) bond motifs is 17. The number of furan rings is 2. The van der Waals surface area contributed by atoms with Gasteiger partial charge < -0.3 is 8.83 Å². The van der Waals surface area contributed by atoms with Crippen molar-refractivity contribution in [1.82, 2.24) is 9.38 Å². The molecule has 0 radical (unpaired) electrons. The Kier molecular flexibility index (Phi) is 4.29. The molecule has 11 aromatic rings. The highest BCUT2D eigenvalue weighted by Crippen LogP contribution is 2.46. The number of aromatic nitrogens is 2. The van der Waals surface area contributed by atoms with Gasteiger partial charge in [-0.05, 0) is 58.1 Å². The van der Waals surface area contributed by atoms with Crippen molar-refractivity contribution in [3.05, 3.63) is 133 Å². The van der Waals surface area contributed by atoms with Crippen LogP contribution in [0, 0.1) is 0 Å². The Bertz CT molecular complexity index is 3050. The van der Waals surface area contributed by atoms with E-state index in [9.17, 15) is 0 Å². The average Bonchev–Trinajstić information content (AvgIpc) is 3.79. The second-order valence-electron chi connectivity index (χ2n) is 11.9. The molecule has 0 fully saturated rings. The fourth-order valence-corrected chi connectivity index (χ4v) is 7.61. The number of hydrogen-bond donors (Lipinski definition) is 0. The zero-order valence-corrected chi connectivity index (χ0v) is 23.9. The number of rotatable bonds is 1. The molecule has 0 saturated carbocycles. The Morgan fingerprint density at radius 3 is 2.18 bits per heavy atom. The van der Waals surface area contributed by atoms with Crippen LogP contribution in [0.15, 0.2) is 142 Å². The van der Waals surface area contributed by atoms with Crippen molar-refractivity contribution in [2.45, 2.75) is 0 Å². The molecule has 0 spiro atoms. The van der Waals surface area contributed by atoms with Gasteiger partial charge in [-0.2, -0.15) is 0 Å². The second-order valence-corrected chi connectivity index (χ2v) is 11.9. The lowest BCUT2D eigenvalue weighted by Gasteiger charge is -2.11. The van der Waals surface area contributed by atoms with Crippen LogP contribution in [0.5, 0.6) is 0 Å². The van der Waals surface area contributed by atoms with Crippen LogP contribution in [0.4, 0.5) is 0 Å². The molecule has 45 heavy (non-hydrogen) atoms. The first-order valence-electron chi connectivity index (χ1n) is 15.2. The predicted molar refractivity (Wildman–Crippen MR) is 185 cm³/mol. The molecule has 0 N–H and O–H groups in total. The van der Waals surface area contributed by atoms with Crippen LogP contribution in [0.3, 0.4) is 0 Å². The highest BCUT2D eigenvalue weighted by atomic mass is 16.3. The van der Waals surface area contributed by atoms with E-state index in [1.165, 1.54) is 21.5 Å². The Morgan fingerprint density at radius 2 is 1.24 bits per heavy atom. The van der Waals surface area contributed by atoms with Crippen molar-refractivity contribution in [3.8, 4) is 11.1 Å². The first kappa shape index (κ1) is 23.3. The van der Waals surface area contributed by atoms with Crippen LogP contribution >= 0.6 is 0 Å². The maximum atomic E-state index is 6.74. The standard InChI is InChI=1S/C41H22N2O2/c1-2-10-25-23(9-1)18-20-35-37(25)39-36(44-35)22-30(40-38(39)29-13-5-8-16-34(29)45-40)24-17-19-27-26-11-3-4-12-28(26)41-42-31-14-6-7-15-32(31)43(41)33(27)21-24/h1-22H. The summed E-state index contributed by atoms with van der Waals surface area (Å²) < 4.78 is 15.7. The molecule has 0 unspecified atom stereocenters. The molecule has 4 heteroatoms. The van der Waals surface area contributed by atoms with Gasteiger partial charge >= 0.3 is 0 Å². The van der Waals surface area contributed by atoms with Gasteiger partial charge in [0.15, 0.2) is 0 Å². The normalized spacial score (nSPS) is 12.4. The highest BCUT2D eigenvalue weighted by Gasteiger charge is 2.22. The van der Waals surface area contributed by atoms with Crippen LogP contribution in [0.25, 0.3) is 104 Å². The molecule has 0 amide bonds. The molecule has 0 aliphatic heterocycles. The number of benzene rings is 7. The van der Waals surface area contributed by atoms with Gasteiger partial charge in [-0.1, -0.05) is 97.1 Å². The Labute approximate surface area is 255 Å². The summed E-state index contributed by atoms with van der Waals surface area (Å²) in [6.07, 6.45) is 0. The minimum atomic E-state index is 0.854. The molecular formula is C41H22N2O2. The fraction of sp³-hybridized carbons (Fsp3) is 0. The highest BCUT2D eigenvalue weighted by molar-refractivity contribution is 6.32. The third kappa shape index (κ3) is 2.98. The van der Waals surface area contributed by atoms with Gasteiger partial charge in [-0.15, -0.1) is 0 Å². The quantitative estimate of drug-likeness (QED) is 0.183. The fourth-order valence-electron chi connectivity index (χ4n) is 7.61. The summed E-state index contributed by atoms with van der Waals surface area (Å²) in [5, 5.41) is 10.3. The lowest BCUT2D eigenvalue weighted by Crippen LogP contribution is -1.92. The van der Waals surface area contributed by atoms with E-state index in [1.54, 1.807) is 0 Å². The minimum absolute atomic E-state index is 0.854. The molecule has 0 aliphatic rings. The van der Waals surface area contributed by atoms with Crippen molar-refractivity contribution < 1.29 is 8.83 Å². The topological polar surface area (TPSA) is 43.6 Å². The number of nitrogens with zero attached hydrogens (tertiary/aromatic N) is 2. The molecule has 7 aromatic carbocycles. The molecule has 4 heterocycles. The van der Waals surface area contributed by atoms with Crippen LogP contribution in [0.2, 0.25) is 0 Å². The Morgan fingerprint density at radius 1 is 0.467 bits per heavy atom. The van der Waals surface area contributed by atoms with Gasteiger partial charge in [0.25, 0.3) is 0 Å². The summed E-state index contributed by atoms with van der Waals surface area (Å²) in [4.78, 5) is 5.09. The zero-order chi connectivity index (χ0) is 29.2. The minimum Gasteiger partial charge on any atom is -0.456 e. The van der Waals surface area contributed by atoms with E-state index in [0.717, 1.165) is 82.6 Å². The van der Waals surface area contributed by atoms with E-state index in [2.05, 4.69) is 132 Å². The summed E-state index contributed by atoms with van der Waals surface area (Å²) >= 11 is 0. The molecule has 0 aliphatic carbocycles. The summed E-state index contributed by atoms with van der Waals surface area (Å²) in [5.74, 6) is 0. The first-order chi connectivity index (χ1) is 22.3. The Balaban J connectivity index is 1.32. The van der Waals surface area contributed by atoms with Gasteiger partial charge in [-0.3, -0.25) is 4.40 Å². The maximum absolute atomic E-state index is 6.74. The number of hydrogen-bond acceptors (Lipinski definition) is 3. The van der Waals surface area contributed by atoms with Gasteiger partial charge in [-0.25, -0.2) is 4.98 Å². The predicted octanol–water partition coefficient (Wildman–Crippen LogP) is 11.4. The van der Waals surface area contributed by atoms with Gasteiger partial charge in [0.05, 0.1) is 16.6 Å². The van der Waals surface area contributed by atoms with Crippen molar-refractivity contribution in [2.24, 2.45) is 0 Å². The molecule has 0 saturated heterocycles. The second kappa shape index (κ2) is 8.28. The van der Waals surface area contributed by atoms with E-state index in [1.807, 2.05) is 6.07 Å². The molecule has 0 bridgehead atoms. The molecule has 11 rings (SSSR count). The van der Waals surface area contributed by atoms with E-state index in [-0.39, 0.29) is 0 Å². The zero-order valence-electron chi connectivity index (χ0n) is 23.9. The van der Waals surface area contributed by atoms with Crippen molar-refractivity contribution in [2.75, 3.05) is 0 Å². The molecular weight excluding hydrogens is 552 g/mol. The molecule has 4 aromatic heterocycles. The van der Waals surface area contributed by atoms with Crippen molar-refractivity contribution in [3.63, 3.8) is 0 Å². The lowest BCUT2D eigenvalue weighted by molar-refractivity contribution is 0.664. The lowest BCUT2D eigenvalue weighted by atomic mass is 9.95. The third-order valence-corrected chi connectivity index (χ3v) is 9.54. The third-order valence-electron chi connectivity index (χ3n) is 9.54. The van der Waals surface area contributed by atoms with Crippen LogP contribution in [-0.4, -0.2) is 9.38 Å².